The summed E-state index contributed by atoms with van der Waals surface area (Å²) in [5.74, 6) is -0.109. The molecule has 1 rings (SSSR count). The molecular weight excluding hydrogens is 178 g/mol. The van der Waals surface area contributed by atoms with Crippen LogP contribution in [0.5, 0.6) is 0 Å². The lowest BCUT2D eigenvalue weighted by Crippen LogP contribution is -2.25. The van der Waals surface area contributed by atoms with Gasteiger partial charge in [0.2, 0.25) is 11.8 Å². The van der Waals surface area contributed by atoms with E-state index in [0.717, 1.165) is 6.42 Å². The Morgan fingerprint density at radius 3 is 1.79 bits per heavy atom. The Kier molecular flexibility index (Phi) is 9.73. The molecule has 1 atom stereocenters. The Labute approximate surface area is 87.5 Å². The van der Waals surface area contributed by atoms with E-state index in [1.165, 1.54) is 4.90 Å². The highest BCUT2D eigenvalue weighted by Gasteiger charge is 2.34. The summed E-state index contributed by atoms with van der Waals surface area (Å²) in [6.07, 6.45) is 1.18. The summed E-state index contributed by atoms with van der Waals surface area (Å²) in [6, 6.07) is 0. The van der Waals surface area contributed by atoms with Crippen LogP contribution in [-0.2, 0) is 9.59 Å². The highest BCUT2D eigenvalue weighted by molar-refractivity contribution is 6.03. The van der Waals surface area contributed by atoms with Crippen molar-refractivity contribution < 1.29 is 9.59 Å². The Morgan fingerprint density at radius 2 is 1.64 bits per heavy atom. The molecule has 0 radical (unpaired) electrons. The Bertz CT molecular complexity index is 178. The van der Waals surface area contributed by atoms with E-state index in [9.17, 15) is 9.59 Å². The first kappa shape index (κ1) is 15.6. The van der Waals surface area contributed by atoms with Gasteiger partial charge < -0.3 is 0 Å². The monoisotopic (exact) mass is 201 g/mol. The van der Waals surface area contributed by atoms with Gasteiger partial charge in [-0.1, -0.05) is 34.6 Å². The number of imide groups is 1. The molecule has 0 bridgehead atoms. The zero-order valence-electron chi connectivity index (χ0n) is 10.3. The van der Waals surface area contributed by atoms with Crippen LogP contribution in [0.4, 0.5) is 0 Å². The number of amides is 2. The van der Waals surface area contributed by atoms with Crippen molar-refractivity contribution >= 4 is 11.8 Å². The zero-order valence-corrected chi connectivity index (χ0v) is 10.3. The molecule has 3 heteroatoms. The molecule has 0 aromatic carbocycles. The van der Waals surface area contributed by atoms with Crippen molar-refractivity contribution in [2.24, 2.45) is 5.92 Å². The fourth-order valence-electron chi connectivity index (χ4n) is 1.15. The number of nitrogens with zero attached hydrogens (tertiary/aromatic N) is 1. The van der Waals surface area contributed by atoms with E-state index < -0.39 is 0 Å². The van der Waals surface area contributed by atoms with Gasteiger partial charge in [0.15, 0.2) is 0 Å². The van der Waals surface area contributed by atoms with Gasteiger partial charge in [-0.15, -0.1) is 0 Å². The summed E-state index contributed by atoms with van der Waals surface area (Å²) < 4.78 is 0. The molecule has 0 N–H and O–H groups in total. The second-order valence-corrected chi connectivity index (χ2v) is 2.60. The van der Waals surface area contributed by atoms with E-state index in [1.54, 1.807) is 7.05 Å². The van der Waals surface area contributed by atoms with Crippen molar-refractivity contribution in [2.45, 2.75) is 47.5 Å². The minimum Gasteiger partial charge on any atom is -0.285 e. The highest BCUT2D eigenvalue weighted by atomic mass is 16.2. The number of rotatable bonds is 1. The van der Waals surface area contributed by atoms with Crippen LogP contribution in [0.1, 0.15) is 47.5 Å². The molecule has 1 saturated heterocycles. The first-order valence-corrected chi connectivity index (χ1v) is 5.47. The summed E-state index contributed by atoms with van der Waals surface area (Å²) in [5, 5.41) is 0. The molecule has 1 fully saturated rings. The SMILES string of the molecule is CC.CC.CCC1CC(=O)N(C)C1=O. The summed E-state index contributed by atoms with van der Waals surface area (Å²) in [5.41, 5.74) is 0. The van der Waals surface area contributed by atoms with Crippen molar-refractivity contribution in [1.82, 2.24) is 4.90 Å². The summed E-state index contributed by atoms with van der Waals surface area (Å²) in [4.78, 5) is 23.1. The topological polar surface area (TPSA) is 37.4 Å². The smallest absolute Gasteiger partial charge is 0.232 e. The molecule has 1 heterocycles. The quantitative estimate of drug-likeness (QED) is 0.611. The predicted molar refractivity (Wildman–Crippen MR) is 58.9 cm³/mol. The molecule has 0 aromatic rings. The van der Waals surface area contributed by atoms with Crippen LogP contribution >= 0.6 is 0 Å². The second kappa shape index (κ2) is 8.73. The summed E-state index contributed by atoms with van der Waals surface area (Å²) >= 11 is 0. The van der Waals surface area contributed by atoms with Crippen molar-refractivity contribution in [1.29, 1.82) is 0 Å². The van der Waals surface area contributed by atoms with Gasteiger partial charge in [0, 0.05) is 19.4 Å². The first-order valence-electron chi connectivity index (χ1n) is 5.47. The molecule has 0 aromatic heterocycles. The van der Waals surface area contributed by atoms with Crippen LogP contribution in [0.15, 0.2) is 0 Å². The molecule has 3 nitrogen and oxygen atoms in total. The van der Waals surface area contributed by atoms with E-state index in [1.807, 2.05) is 34.6 Å². The van der Waals surface area contributed by atoms with Gasteiger partial charge in [-0.2, -0.15) is 0 Å². The number of carbonyl (C=O) groups is 2. The van der Waals surface area contributed by atoms with Gasteiger partial charge in [0.05, 0.1) is 0 Å². The molecule has 0 aliphatic carbocycles. The molecule has 1 aliphatic rings. The second-order valence-electron chi connectivity index (χ2n) is 2.60. The minimum atomic E-state index is -0.0446. The Balaban J connectivity index is 0. The minimum absolute atomic E-state index is 0.0208. The van der Waals surface area contributed by atoms with Crippen LogP contribution in [0, 0.1) is 5.92 Å². The lowest BCUT2D eigenvalue weighted by Gasteiger charge is -2.05. The third kappa shape index (κ3) is 3.90. The molecule has 14 heavy (non-hydrogen) atoms. The molecule has 2 amide bonds. The van der Waals surface area contributed by atoms with Crippen LogP contribution < -0.4 is 0 Å². The number of hydrogen-bond acceptors (Lipinski definition) is 2. The maximum Gasteiger partial charge on any atom is 0.232 e. The number of carbonyl (C=O) groups excluding carboxylic acids is 2. The summed E-state index contributed by atoms with van der Waals surface area (Å²) in [7, 11) is 1.54. The van der Waals surface area contributed by atoms with Gasteiger partial charge in [-0.3, -0.25) is 14.5 Å². The third-order valence-electron chi connectivity index (χ3n) is 1.97. The molecule has 0 spiro atoms. The van der Waals surface area contributed by atoms with Crippen molar-refractivity contribution in [3.8, 4) is 0 Å². The lowest BCUT2D eigenvalue weighted by molar-refractivity contribution is -0.137. The molecule has 1 unspecified atom stereocenters. The third-order valence-corrected chi connectivity index (χ3v) is 1.97. The Morgan fingerprint density at radius 1 is 1.21 bits per heavy atom. The van der Waals surface area contributed by atoms with E-state index >= 15 is 0 Å². The van der Waals surface area contributed by atoms with Gasteiger partial charge >= 0.3 is 0 Å². The van der Waals surface area contributed by atoms with Gasteiger partial charge in [-0.25, -0.2) is 0 Å². The van der Waals surface area contributed by atoms with E-state index in [4.69, 9.17) is 0 Å². The average molecular weight is 201 g/mol. The fourth-order valence-corrected chi connectivity index (χ4v) is 1.15. The number of hydrogen-bond donors (Lipinski definition) is 0. The normalized spacial score (nSPS) is 19.6. The molecule has 0 saturated carbocycles. The molecule has 1 aliphatic heterocycles. The van der Waals surface area contributed by atoms with Gasteiger partial charge in [0.1, 0.15) is 0 Å². The highest BCUT2D eigenvalue weighted by Crippen LogP contribution is 2.19. The molecule has 84 valence electrons. The maximum absolute atomic E-state index is 11.1. The predicted octanol–water partition coefficient (Wildman–Crippen LogP) is 2.45. The number of likely N-dealkylation sites (tertiary alicyclic amines) is 1. The van der Waals surface area contributed by atoms with Crippen LogP contribution in [0.25, 0.3) is 0 Å². The average Bonchev–Trinajstić information content (AvgIpc) is 2.51. The van der Waals surface area contributed by atoms with Crippen LogP contribution in [0.3, 0.4) is 0 Å². The first-order chi connectivity index (χ1) is 6.66. The largest absolute Gasteiger partial charge is 0.285 e. The van der Waals surface area contributed by atoms with E-state index in [-0.39, 0.29) is 17.7 Å². The van der Waals surface area contributed by atoms with E-state index in [0.29, 0.717) is 6.42 Å². The maximum atomic E-state index is 11.1. The van der Waals surface area contributed by atoms with Crippen molar-refractivity contribution in [2.75, 3.05) is 7.05 Å². The fraction of sp³-hybridized carbons (Fsp3) is 0.818. The van der Waals surface area contributed by atoms with Gasteiger partial charge in [-0.05, 0) is 6.42 Å². The van der Waals surface area contributed by atoms with E-state index in [2.05, 4.69) is 0 Å². The lowest BCUT2D eigenvalue weighted by atomic mass is 10.1. The summed E-state index contributed by atoms with van der Waals surface area (Å²) in [6.45, 7) is 9.93. The zero-order chi connectivity index (χ0) is 11.7. The Hall–Kier alpha value is -0.860. The standard InChI is InChI=1S/C7H11NO2.2C2H6/c1-3-5-4-6(9)8(2)7(5)10;2*1-2/h5H,3-4H2,1-2H3;2*1-2H3. The van der Waals surface area contributed by atoms with Gasteiger partial charge in [0.25, 0.3) is 0 Å². The van der Waals surface area contributed by atoms with Crippen molar-refractivity contribution in [3.05, 3.63) is 0 Å². The van der Waals surface area contributed by atoms with Crippen LogP contribution in [0.2, 0.25) is 0 Å². The molecular formula is C11H23NO2. The van der Waals surface area contributed by atoms with Crippen molar-refractivity contribution in [3.63, 3.8) is 0 Å². The van der Waals surface area contributed by atoms with Crippen LogP contribution in [-0.4, -0.2) is 23.8 Å².